The maximum Gasteiger partial charge on any atom is 0.191 e. The van der Waals surface area contributed by atoms with Gasteiger partial charge in [0.2, 0.25) is 0 Å². The molecule has 148 valence electrons. The fourth-order valence-corrected chi connectivity index (χ4v) is 2.45. The molecule has 0 aromatic heterocycles. The van der Waals surface area contributed by atoms with Crippen LogP contribution in [0.4, 0.5) is 4.39 Å². The molecule has 0 amide bonds. The second-order valence-electron chi connectivity index (χ2n) is 5.65. The van der Waals surface area contributed by atoms with Crippen LogP contribution in [0.15, 0.2) is 47.5 Å². The minimum Gasteiger partial charge on any atom is -0.497 e. The van der Waals surface area contributed by atoms with Gasteiger partial charge in [0.05, 0.1) is 13.7 Å². The van der Waals surface area contributed by atoms with E-state index in [0.717, 1.165) is 24.3 Å². The summed E-state index contributed by atoms with van der Waals surface area (Å²) in [7, 11) is 3.37. The number of halogens is 2. The molecule has 7 heteroatoms. The molecule has 0 saturated carbocycles. The van der Waals surface area contributed by atoms with Gasteiger partial charge in [0.1, 0.15) is 5.75 Å². The molecule has 0 aliphatic carbocycles. The Balaban J connectivity index is 0.00000364. The van der Waals surface area contributed by atoms with E-state index in [-0.39, 0.29) is 35.5 Å². The predicted octanol–water partition coefficient (Wildman–Crippen LogP) is 3.76. The zero-order chi connectivity index (χ0) is 18.8. The molecule has 2 aromatic carbocycles. The molecule has 2 aromatic rings. The summed E-state index contributed by atoms with van der Waals surface area (Å²) < 4.78 is 24.2. The third-order valence-electron chi connectivity index (χ3n) is 3.84. The van der Waals surface area contributed by atoms with E-state index in [9.17, 15) is 4.39 Å². The predicted molar refractivity (Wildman–Crippen MR) is 118 cm³/mol. The number of hydrogen-bond acceptors (Lipinski definition) is 3. The first-order chi connectivity index (χ1) is 12.7. The third kappa shape index (κ3) is 7.62. The minimum absolute atomic E-state index is 0. The molecular formula is C20H27FIN3O2. The lowest BCUT2D eigenvalue weighted by Crippen LogP contribution is -2.37. The Morgan fingerprint density at radius 2 is 1.78 bits per heavy atom. The number of aliphatic imine (C=N–C) groups is 1. The van der Waals surface area contributed by atoms with Crippen LogP contribution in [0.3, 0.4) is 0 Å². The van der Waals surface area contributed by atoms with E-state index in [2.05, 4.69) is 15.6 Å². The summed E-state index contributed by atoms with van der Waals surface area (Å²) in [6.07, 6.45) is 0.863. The van der Waals surface area contributed by atoms with Gasteiger partial charge in [-0.3, -0.25) is 4.99 Å². The molecule has 0 saturated heterocycles. The first-order valence-electron chi connectivity index (χ1n) is 8.65. The molecule has 0 aliphatic rings. The van der Waals surface area contributed by atoms with E-state index >= 15 is 0 Å². The summed E-state index contributed by atoms with van der Waals surface area (Å²) in [5, 5.41) is 6.43. The molecule has 0 spiro atoms. The first-order valence-corrected chi connectivity index (χ1v) is 8.65. The van der Waals surface area contributed by atoms with Crippen molar-refractivity contribution < 1.29 is 13.9 Å². The topological polar surface area (TPSA) is 54.9 Å². The van der Waals surface area contributed by atoms with E-state index in [1.807, 2.05) is 37.3 Å². The quantitative estimate of drug-likeness (QED) is 0.339. The zero-order valence-electron chi connectivity index (χ0n) is 15.9. The van der Waals surface area contributed by atoms with E-state index in [0.29, 0.717) is 19.1 Å². The Morgan fingerprint density at radius 3 is 2.37 bits per heavy atom. The molecule has 0 bridgehead atoms. The highest BCUT2D eigenvalue weighted by atomic mass is 127. The maximum atomic E-state index is 13.9. The molecule has 0 fully saturated rings. The van der Waals surface area contributed by atoms with Gasteiger partial charge in [-0.2, -0.15) is 0 Å². The van der Waals surface area contributed by atoms with Gasteiger partial charge in [0.15, 0.2) is 17.5 Å². The molecule has 2 N–H and O–H groups in total. The third-order valence-corrected chi connectivity index (χ3v) is 3.84. The Labute approximate surface area is 177 Å². The second-order valence-corrected chi connectivity index (χ2v) is 5.65. The van der Waals surface area contributed by atoms with Crippen LogP contribution in [-0.2, 0) is 13.0 Å². The van der Waals surface area contributed by atoms with E-state index < -0.39 is 0 Å². The van der Waals surface area contributed by atoms with Crippen LogP contribution in [0.25, 0.3) is 0 Å². The number of benzene rings is 2. The number of nitrogens with zero attached hydrogens (tertiary/aromatic N) is 1. The maximum absolute atomic E-state index is 13.9. The van der Waals surface area contributed by atoms with Crippen LogP contribution in [0.1, 0.15) is 18.1 Å². The summed E-state index contributed by atoms with van der Waals surface area (Å²) >= 11 is 0. The highest BCUT2D eigenvalue weighted by Crippen LogP contribution is 2.18. The first kappa shape index (κ1) is 23.0. The average Bonchev–Trinajstić information content (AvgIpc) is 2.67. The molecule has 5 nitrogen and oxygen atoms in total. The Bertz CT molecular complexity index is 724. The average molecular weight is 487 g/mol. The Hall–Kier alpha value is -2.03. The van der Waals surface area contributed by atoms with Gasteiger partial charge in [-0.05, 0) is 48.7 Å². The number of methoxy groups -OCH3 is 1. The molecule has 0 aliphatic heterocycles. The van der Waals surface area contributed by atoms with Crippen molar-refractivity contribution in [2.24, 2.45) is 4.99 Å². The van der Waals surface area contributed by atoms with Gasteiger partial charge in [0.25, 0.3) is 0 Å². The SMILES string of the molecule is CCOc1ccc(CNC(=NC)NCCc2ccc(OC)cc2)cc1F.I. The molecule has 27 heavy (non-hydrogen) atoms. The van der Waals surface area contributed by atoms with Gasteiger partial charge in [-0.1, -0.05) is 18.2 Å². The van der Waals surface area contributed by atoms with E-state index in [1.54, 1.807) is 20.2 Å². The number of rotatable bonds is 8. The smallest absolute Gasteiger partial charge is 0.191 e. The number of nitrogens with one attached hydrogen (secondary N) is 2. The van der Waals surface area contributed by atoms with Gasteiger partial charge >= 0.3 is 0 Å². The lowest BCUT2D eigenvalue weighted by Gasteiger charge is -2.13. The Kier molecular flexibility index (Phi) is 10.5. The highest BCUT2D eigenvalue weighted by molar-refractivity contribution is 14.0. The van der Waals surface area contributed by atoms with Crippen LogP contribution in [0.5, 0.6) is 11.5 Å². The summed E-state index contributed by atoms with van der Waals surface area (Å²) in [5.74, 6) is 1.45. The van der Waals surface area contributed by atoms with E-state index in [1.165, 1.54) is 11.6 Å². The Morgan fingerprint density at radius 1 is 1.07 bits per heavy atom. The van der Waals surface area contributed by atoms with Crippen LogP contribution in [0, 0.1) is 5.82 Å². The number of guanidine groups is 1. The zero-order valence-corrected chi connectivity index (χ0v) is 18.3. The monoisotopic (exact) mass is 487 g/mol. The number of ether oxygens (including phenoxy) is 2. The van der Waals surface area contributed by atoms with Crippen molar-refractivity contribution >= 4 is 29.9 Å². The van der Waals surface area contributed by atoms with Crippen LogP contribution >= 0.6 is 24.0 Å². The lowest BCUT2D eigenvalue weighted by molar-refractivity contribution is 0.321. The normalized spacial score (nSPS) is 10.7. The lowest BCUT2D eigenvalue weighted by atomic mass is 10.1. The standard InChI is InChI=1S/C20H26FN3O2.HI/c1-4-26-19-10-7-16(13-18(19)21)14-24-20(22-2)23-12-11-15-5-8-17(25-3)9-6-15;/h5-10,13H,4,11-12,14H2,1-3H3,(H2,22,23,24);1H. The van der Waals surface area contributed by atoms with Crippen LogP contribution < -0.4 is 20.1 Å². The van der Waals surface area contributed by atoms with Gasteiger partial charge in [-0.25, -0.2) is 4.39 Å². The fraction of sp³-hybridized carbons (Fsp3) is 0.350. The summed E-state index contributed by atoms with van der Waals surface area (Å²) in [6, 6.07) is 12.9. The second kappa shape index (κ2) is 12.4. The molecule has 2 rings (SSSR count). The summed E-state index contributed by atoms with van der Waals surface area (Å²) in [6.45, 7) is 3.49. The van der Waals surface area contributed by atoms with Crippen molar-refractivity contribution in [3.63, 3.8) is 0 Å². The fourth-order valence-electron chi connectivity index (χ4n) is 2.45. The molecular weight excluding hydrogens is 460 g/mol. The summed E-state index contributed by atoms with van der Waals surface area (Å²) in [5.41, 5.74) is 2.03. The summed E-state index contributed by atoms with van der Waals surface area (Å²) in [4.78, 5) is 4.19. The van der Waals surface area contributed by atoms with Crippen molar-refractivity contribution in [2.75, 3.05) is 27.3 Å². The van der Waals surface area contributed by atoms with Crippen LogP contribution in [0.2, 0.25) is 0 Å². The molecule has 0 radical (unpaired) electrons. The van der Waals surface area contributed by atoms with Crippen molar-refractivity contribution in [2.45, 2.75) is 19.9 Å². The van der Waals surface area contributed by atoms with Crippen molar-refractivity contribution in [3.8, 4) is 11.5 Å². The minimum atomic E-state index is -0.353. The van der Waals surface area contributed by atoms with Gasteiger partial charge in [0, 0.05) is 20.1 Å². The van der Waals surface area contributed by atoms with Crippen molar-refractivity contribution in [1.82, 2.24) is 10.6 Å². The molecule has 0 atom stereocenters. The van der Waals surface area contributed by atoms with Gasteiger partial charge in [-0.15, -0.1) is 24.0 Å². The number of hydrogen-bond donors (Lipinski definition) is 2. The van der Waals surface area contributed by atoms with Gasteiger partial charge < -0.3 is 20.1 Å². The molecule has 0 heterocycles. The highest BCUT2D eigenvalue weighted by Gasteiger charge is 2.05. The van der Waals surface area contributed by atoms with Crippen molar-refractivity contribution in [1.29, 1.82) is 0 Å². The van der Waals surface area contributed by atoms with Crippen LogP contribution in [-0.4, -0.2) is 33.3 Å². The van der Waals surface area contributed by atoms with E-state index in [4.69, 9.17) is 9.47 Å². The molecule has 0 unspecified atom stereocenters. The van der Waals surface area contributed by atoms with Crippen molar-refractivity contribution in [3.05, 3.63) is 59.4 Å². The largest absolute Gasteiger partial charge is 0.497 e.